The quantitative estimate of drug-likeness (QED) is 0.867. The third kappa shape index (κ3) is 2.07. The van der Waals surface area contributed by atoms with Crippen LogP contribution in [0.2, 0.25) is 0 Å². The van der Waals surface area contributed by atoms with Crippen molar-refractivity contribution < 1.29 is 14.6 Å². The summed E-state index contributed by atoms with van der Waals surface area (Å²) in [5.41, 5.74) is 7.39. The lowest BCUT2D eigenvalue weighted by Gasteiger charge is -2.29. The molecule has 2 fully saturated rings. The highest BCUT2D eigenvalue weighted by atomic mass is 16.8. The van der Waals surface area contributed by atoms with E-state index in [4.69, 9.17) is 15.2 Å². The van der Waals surface area contributed by atoms with Gasteiger partial charge in [-0.25, -0.2) is 9.50 Å². The summed E-state index contributed by atoms with van der Waals surface area (Å²) >= 11 is 0. The van der Waals surface area contributed by atoms with Gasteiger partial charge in [-0.2, -0.15) is 5.10 Å². The molecule has 7 nitrogen and oxygen atoms in total. The molecule has 0 spiro atoms. The second-order valence-electron chi connectivity index (χ2n) is 7.34. The minimum Gasteiger partial charge on any atom is -0.396 e. The second-order valence-corrected chi connectivity index (χ2v) is 7.34. The summed E-state index contributed by atoms with van der Waals surface area (Å²) in [4.78, 5) is 4.03. The smallest absolute Gasteiger partial charge is 0.163 e. The molecule has 124 valence electrons. The number of aliphatic hydroxyl groups excluding tert-OH is 1. The van der Waals surface area contributed by atoms with Gasteiger partial charge in [-0.15, -0.1) is 0 Å². The number of rotatable bonds is 2. The van der Waals surface area contributed by atoms with Crippen molar-refractivity contribution in [1.29, 1.82) is 0 Å². The zero-order chi connectivity index (χ0) is 16.4. The molecule has 3 heterocycles. The predicted molar refractivity (Wildman–Crippen MR) is 83.8 cm³/mol. The van der Waals surface area contributed by atoms with Crippen molar-refractivity contribution >= 4 is 11.3 Å². The van der Waals surface area contributed by atoms with E-state index in [1.165, 1.54) is 6.33 Å². The zero-order valence-corrected chi connectivity index (χ0v) is 13.6. The average Bonchev–Trinajstić information content (AvgIpc) is 3.12. The predicted octanol–water partition coefficient (Wildman–Crippen LogP) is 1.32. The molecule has 3 N–H and O–H groups in total. The fourth-order valence-corrected chi connectivity index (χ4v) is 4.04. The number of hydrogen-bond acceptors (Lipinski definition) is 6. The maximum Gasteiger partial charge on any atom is 0.163 e. The van der Waals surface area contributed by atoms with E-state index in [0.717, 1.165) is 17.6 Å². The molecular formula is C16H22N4O3. The van der Waals surface area contributed by atoms with Crippen LogP contribution in [0.4, 0.5) is 5.82 Å². The van der Waals surface area contributed by atoms with Gasteiger partial charge in [0, 0.05) is 17.0 Å². The van der Waals surface area contributed by atoms with Crippen LogP contribution in [0, 0.1) is 5.41 Å². The van der Waals surface area contributed by atoms with Gasteiger partial charge in [0.25, 0.3) is 0 Å². The van der Waals surface area contributed by atoms with Crippen LogP contribution in [-0.4, -0.2) is 44.3 Å². The summed E-state index contributed by atoms with van der Waals surface area (Å²) in [5.74, 6) is -0.115. The Labute approximate surface area is 134 Å². The Kier molecular flexibility index (Phi) is 3.01. The van der Waals surface area contributed by atoms with Crippen LogP contribution >= 0.6 is 0 Å². The first-order chi connectivity index (χ1) is 10.8. The number of hydrogen-bond donors (Lipinski definition) is 2. The molecule has 0 aromatic carbocycles. The van der Waals surface area contributed by atoms with E-state index in [2.05, 4.69) is 17.0 Å². The fourth-order valence-electron chi connectivity index (χ4n) is 4.04. The third-order valence-corrected chi connectivity index (χ3v) is 5.15. The summed E-state index contributed by atoms with van der Waals surface area (Å²) in [6, 6.07) is 3.94. The van der Waals surface area contributed by atoms with Gasteiger partial charge in [-0.3, -0.25) is 0 Å². The Morgan fingerprint density at radius 1 is 1.35 bits per heavy atom. The highest BCUT2D eigenvalue weighted by Crippen LogP contribution is 2.54. The van der Waals surface area contributed by atoms with Crippen molar-refractivity contribution in [3.05, 3.63) is 24.2 Å². The lowest BCUT2D eigenvalue weighted by atomic mass is 9.86. The molecule has 1 saturated carbocycles. The molecule has 0 radical (unpaired) electrons. The van der Waals surface area contributed by atoms with Crippen molar-refractivity contribution in [3.8, 4) is 0 Å². The summed E-state index contributed by atoms with van der Waals surface area (Å²) < 4.78 is 14.1. The van der Waals surface area contributed by atoms with Crippen molar-refractivity contribution in [3.63, 3.8) is 0 Å². The van der Waals surface area contributed by atoms with Gasteiger partial charge in [0.15, 0.2) is 11.6 Å². The van der Waals surface area contributed by atoms with Gasteiger partial charge in [-0.05, 0) is 32.4 Å². The van der Waals surface area contributed by atoms with Crippen LogP contribution in [0.25, 0.3) is 5.52 Å². The lowest BCUT2D eigenvalue weighted by molar-refractivity contribution is -0.168. The summed E-state index contributed by atoms with van der Waals surface area (Å²) in [5, 5.41) is 14.3. The number of aromatic nitrogens is 3. The first-order valence-electron chi connectivity index (χ1n) is 7.89. The largest absolute Gasteiger partial charge is 0.396 e. The summed E-state index contributed by atoms with van der Waals surface area (Å²) in [7, 11) is 0. The van der Waals surface area contributed by atoms with Crippen LogP contribution in [-0.2, 0) is 9.47 Å². The molecular weight excluding hydrogens is 296 g/mol. The molecule has 4 atom stereocenters. The highest BCUT2D eigenvalue weighted by Gasteiger charge is 2.59. The minimum atomic E-state index is -0.647. The van der Waals surface area contributed by atoms with Gasteiger partial charge >= 0.3 is 0 Å². The maximum atomic E-state index is 9.93. The van der Waals surface area contributed by atoms with Gasteiger partial charge in [-0.1, -0.05) is 6.92 Å². The van der Waals surface area contributed by atoms with Crippen molar-refractivity contribution in [1.82, 2.24) is 14.6 Å². The van der Waals surface area contributed by atoms with Crippen LogP contribution in [0.3, 0.4) is 0 Å². The SMILES string of the molecule is CC1(C)O[C@H]2[C@H](c3ccc4c(N)ncnn34)C[C@](C)(CO)[C@H]2O1. The van der Waals surface area contributed by atoms with Crippen molar-refractivity contribution in [2.45, 2.75) is 51.1 Å². The number of anilines is 1. The Bertz CT molecular complexity index is 759. The molecule has 0 unspecified atom stereocenters. The van der Waals surface area contributed by atoms with E-state index < -0.39 is 5.79 Å². The Morgan fingerprint density at radius 3 is 2.87 bits per heavy atom. The van der Waals surface area contributed by atoms with Gasteiger partial charge in [0.05, 0.1) is 18.8 Å². The fraction of sp³-hybridized carbons (Fsp3) is 0.625. The molecule has 4 rings (SSSR count). The number of ether oxygens (including phenoxy) is 2. The van der Waals surface area contributed by atoms with E-state index >= 15 is 0 Å². The van der Waals surface area contributed by atoms with Gasteiger partial charge < -0.3 is 20.3 Å². The lowest BCUT2D eigenvalue weighted by Crippen LogP contribution is -2.36. The molecule has 0 amide bonds. The first kappa shape index (κ1) is 14.9. The molecule has 0 bridgehead atoms. The van der Waals surface area contributed by atoms with E-state index in [1.807, 2.05) is 30.5 Å². The molecule has 2 aromatic rings. The Morgan fingerprint density at radius 2 is 2.13 bits per heavy atom. The van der Waals surface area contributed by atoms with E-state index in [-0.39, 0.29) is 30.1 Å². The zero-order valence-electron chi connectivity index (χ0n) is 13.6. The van der Waals surface area contributed by atoms with Gasteiger partial charge in [0.1, 0.15) is 11.8 Å². The second kappa shape index (κ2) is 4.66. The maximum absolute atomic E-state index is 9.93. The van der Waals surface area contributed by atoms with Crippen molar-refractivity contribution in [2.75, 3.05) is 12.3 Å². The average molecular weight is 318 g/mol. The number of nitrogens with two attached hydrogens (primary N) is 1. The first-order valence-corrected chi connectivity index (χ1v) is 7.89. The minimum absolute atomic E-state index is 0.0601. The molecule has 1 saturated heterocycles. The molecule has 1 aliphatic heterocycles. The summed E-state index contributed by atoms with van der Waals surface area (Å²) in [6.07, 6.45) is 1.97. The standard InChI is InChI=1S/C16H22N4O3/c1-15(2)22-12-9(6-16(3,7-21)13(12)23-15)10-4-5-11-14(17)18-8-19-20(10)11/h4-5,8-9,12-13,21H,6-7H2,1-3H3,(H2,17,18,19)/t9-,12-,13-,16+/m0/s1. The number of aliphatic hydroxyl groups is 1. The number of nitrogens with zero attached hydrogens (tertiary/aromatic N) is 3. The molecule has 2 aromatic heterocycles. The molecule has 7 heteroatoms. The monoisotopic (exact) mass is 318 g/mol. The molecule has 2 aliphatic rings. The topological polar surface area (TPSA) is 94.9 Å². The van der Waals surface area contributed by atoms with Crippen LogP contribution in [0.5, 0.6) is 0 Å². The van der Waals surface area contributed by atoms with E-state index in [9.17, 15) is 5.11 Å². The third-order valence-electron chi connectivity index (χ3n) is 5.15. The Hall–Kier alpha value is -1.70. The molecule has 23 heavy (non-hydrogen) atoms. The summed E-state index contributed by atoms with van der Waals surface area (Å²) in [6.45, 7) is 5.94. The normalized spacial score (nSPS) is 35.7. The highest BCUT2D eigenvalue weighted by molar-refractivity contribution is 5.65. The van der Waals surface area contributed by atoms with Crippen LogP contribution < -0.4 is 5.73 Å². The molecule has 1 aliphatic carbocycles. The van der Waals surface area contributed by atoms with E-state index in [0.29, 0.717) is 5.82 Å². The Balaban J connectivity index is 1.80. The number of nitrogen functional groups attached to an aromatic ring is 1. The number of fused-ring (bicyclic) bond motifs is 2. The van der Waals surface area contributed by atoms with Crippen LogP contribution in [0.1, 0.15) is 38.8 Å². The van der Waals surface area contributed by atoms with Crippen molar-refractivity contribution in [2.24, 2.45) is 5.41 Å². The van der Waals surface area contributed by atoms with Crippen LogP contribution in [0.15, 0.2) is 18.5 Å². The van der Waals surface area contributed by atoms with E-state index in [1.54, 1.807) is 0 Å². The van der Waals surface area contributed by atoms with Gasteiger partial charge in [0.2, 0.25) is 0 Å².